The molecule has 0 saturated heterocycles. The van der Waals surface area contributed by atoms with E-state index in [1.165, 1.54) is 64.2 Å². The van der Waals surface area contributed by atoms with Crippen LogP contribution in [0, 0.1) is 29.4 Å². The highest BCUT2D eigenvalue weighted by molar-refractivity contribution is 5.33. The van der Waals surface area contributed by atoms with Crippen LogP contribution in [0.25, 0.3) is 0 Å². The molecule has 1 aromatic carbocycles. The first kappa shape index (κ1) is 28.0. The van der Waals surface area contributed by atoms with E-state index in [-0.39, 0.29) is 5.92 Å². The standard InChI is InChI=1S/C29H41F5O/c1-2-3-4-5-6-7-8-21-9-11-22(12-10-21)13-14-23-15-17-24(18-16-23)25-19-26(30)28(27(31)20-25)35-29(32,33)34/h3-4,19-24H,2,5-18H2,1H3/b4-3+/t21-,22-,23-,24-. The van der Waals surface area contributed by atoms with Gasteiger partial charge in [-0.25, -0.2) is 8.78 Å². The molecule has 2 fully saturated rings. The van der Waals surface area contributed by atoms with Gasteiger partial charge in [-0.15, -0.1) is 13.2 Å². The number of hydrogen-bond acceptors (Lipinski definition) is 1. The molecule has 2 saturated carbocycles. The highest BCUT2D eigenvalue weighted by Crippen LogP contribution is 2.41. The molecular formula is C29H41F5O. The average molecular weight is 501 g/mol. The maximum atomic E-state index is 14.1. The number of ether oxygens (including phenoxy) is 1. The normalized spacial score (nSPS) is 25.8. The third-order valence-corrected chi connectivity index (χ3v) is 8.14. The molecule has 1 aromatic rings. The molecule has 1 nitrogen and oxygen atoms in total. The summed E-state index contributed by atoms with van der Waals surface area (Å²) in [6, 6.07) is 2.02. The van der Waals surface area contributed by atoms with Gasteiger partial charge in [0.25, 0.3) is 0 Å². The molecule has 0 aliphatic heterocycles. The zero-order valence-electron chi connectivity index (χ0n) is 21.0. The fourth-order valence-corrected chi connectivity index (χ4v) is 6.07. The summed E-state index contributed by atoms with van der Waals surface area (Å²) < 4.78 is 68.8. The van der Waals surface area contributed by atoms with Crippen molar-refractivity contribution in [3.8, 4) is 5.75 Å². The van der Waals surface area contributed by atoms with E-state index in [1.54, 1.807) is 0 Å². The number of hydrogen-bond donors (Lipinski definition) is 0. The fraction of sp³-hybridized carbons (Fsp3) is 0.724. The molecule has 35 heavy (non-hydrogen) atoms. The molecule has 0 spiro atoms. The molecule has 0 N–H and O–H groups in total. The van der Waals surface area contributed by atoms with E-state index in [9.17, 15) is 22.0 Å². The monoisotopic (exact) mass is 500 g/mol. The summed E-state index contributed by atoms with van der Waals surface area (Å²) in [7, 11) is 0. The van der Waals surface area contributed by atoms with Crippen LogP contribution in [-0.2, 0) is 0 Å². The fourth-order valence-electron chi connectivity index (χ4n) is 6.07. The van der Waals surface area contributed by atoms with Crippen LogP contribution in [0.3, 0.4) is 0 Å². The van der Waals surface area contributed by atoms with Gasteiger partial charge in [0.15, 0.2) is 11.6 Å². The Bertz CT molecular complexity index is 764. The molecule has 2 aliphatic rings. The third kappa shape index (κ3) is 9.42. The van der Waals surface area contributed by atoms with Gasteiger partial charge in [-0.2, -0.15) is 0 Å². The van der Waals surface area contributed by atoms with Crippen LogP contribution in [0.15, 0.2) is 24.3 Å². The minimum Gasteiger partial charge on any atom is -0.399 e. The summed E-state index contributed by atoms with van der Waals surface area (Å²) in [6.07, 6.45) is 17.4. The molecule has 6 heteroatoms. The topological polar surface area (TPSA) is 9.23 Å². The number of rotatable bonds is 11. The maximum Gasteiger partial charge on any atom is 0.573 e. The summed E-state index contributed by atoms with van der Waals surface area (Å²) in [5.74, 6) is -1.57. The molecule has 0 heterocycles. The van der Waals surface area contributed by atoms with Crippen molar-refractivity contribution >= 4 is 0 Å². The van der Waals surface area contributed by atoms with Crippen LogP contribution < -0.4 is 4.74 Å². The van der Waals surface area contributed by atoms with Crippen molar-refractivity contribution in [2.24, 2.45) is 17.8 Å². The van der Waals surface area contributed by atoms with Crippen molar-refractivity contribution < 1.29 is 26.7 Å². The second kappa shape index (κ2) is 13.6. The second-order valence-electron chi connectivity index (χ2n) is 10.7. The first-order valence-corrected chi connectivity index (χ1v) is 13.6. The zero-order chi connectivity index (χ0) is 25.3. The molecule has 198 valence electrons. The van der Waals surface area contributed by atoms with E-state index in [1.807, 2.05) is 0 Å². The van der Waals surface area contributed by atoms with Crippen molar-refractivity contribution in [1.82, 2.24) is 0 Å². The molecular weight excluding hydrogens is 459 g/mol. The van der Waals surface area contributed by atoms with E-state index in [0.717, 1.165) is 56.1 Å². The number of benzene rings is 1. The van der Waals surface area contributed by atoms with E-state index in [2.05, 4.69) is 23.8 Å². The van der Waals surface area contributed by atoms with E-state index >= 15 is 0 Å². The van der Waals surface area contributed by atoms with Crippen LogP contribution >= 0.6 is 0 Å². The van der Waals surface area contributed by atoms with Crippen molar-refractivity contribution in [2.45, 2.75) is 116 Å². The molecule has 0 atom stereocenters. The Morgan fingerprint density at radius 3 is 1.80 bits per heavy atom. The lowest BCUT2D eigenvalue weighted by atomic mass is 9.74. The zero-order valence-corrected chi connectivity index (χ0v) is 21.0. The minimum absolute atomic E-state index is 0.0110. The number of allylic oxidation sites excluding steroid dienone is 2. The average Bonchev–Trinajstić information content (AvgIpc) is 2.82. The smallest absolute Gasteiger partial charge is 0.399 e. The minimum atomic E-state index is -5.12. The molecule has 0 aromatic heterocycles. The molecule has 0 bridgehead atoms. The Hall–Kier alpha value is -1.59. The Morgan fingerprint density at radius 2 is 1.29 bits per heavy atom. The lowest BCUT2D eigenvalue weighted by Crippen LogP contribution is -2.20. The quantitative estimate of drug-likeness (QED) is 0.167. The van der Waals surface area contributed by atoms with E-state index < -0.39 is 23.7 Å². The van der Waals surface area contributed by atoms with Crippen LogP contribution in [0.2, 0.25) is 0 Å². The van der Waals surface area contributed by atoms with Crippen LogP contribution in [-0.4, -0.2) is 6.36 Å². The van der Waals surface area contributed by atoms with Gasteiger partial charge >= 0.3 is 6.36 Å². The van der Waals surface area contributed by atoms with Gasteiger partial charge in [-0.1, -0.05) is 70.4 Å². The van der Waals surface area contributed by atoms with Gasteiger partial charge in [-0.3, -0.25) is 0 Å². The summed E-state index contributed by atoms with van der Waals surface area (Å²) in [5, 5.41) is 0. The molecule has 3 rings (SSSR count). The van der Waals surface area contributed by atoms with Crippen LogP contribution in [0.1, 0.15) is 115 Å². The Labute approximate surface area is 207 Å². The van der Waals surface area contributed by atoms with Crippen molar-refractivity contribution in [3.63, 3.8) is 0 Å². The van der Waals surface area contributed by atoms with Gasteiger partial charge in [0, 0.05) is 0 Å². The molecule has 0 unspecified atom stereocenters. The predicted molar refractivity (Wildman–Crippen MR) is 130 cm³/mol. The van der Waals surface area contributed by atoms with Crippen molar-refractivity contribution in [3.05, 3.63) is 41.5 Å². The lowest BCUT2D eigenvalue weighted by molar-refractivity contribution is -0.276. The van der Waals surface area contributed by atoms with Gasteiger partial charge < -0.3 is 4.74 Å². The summed E-state index contributed by atoms with van der Waals surface area (Å²) in [5.41, 5.74) is 0.438. The first-order chi connectivity index (χ1) is 16.7. The second-order valence-corrected chi connectivity index (χ2v) is 10.7. The van der Waals surface area contributed by atoms with E-state index in [0.29, 0.717) is 11.5 Å². The highest BCUT2D eigenvalue weighted by Gasteiger charge is 2.35. The number of halogens is 5. The Balaban J connectivity index is 1.34. The van der Waals surface area contributed by atoms with Gasteiger partial charge in [0.05, 0.1) is 0 Å². The van der Waals surface area contributed by atoms with E-state index in [4.69, 9.17) is 0 Å². The molecule has 2 aliphatic carbocycles. The Kier molecular flexibility index (Phi) is 10.9. The largest absolute Gasteiger partial charge is 0.573 e. The van der Waals surface area contributed by atoms with Gasteiger partial charge in [0.1, 0.15) is 0 Å². The first-order valence-electron chi connectivity index (χ1n) is 13.6. The predicted octanol–water partition coefficient (Wildman–Crippen LogP) is 10.3. The van der Waals surface area contributed by atoms with Crippen LogP contribution in [0.4, 0.5) is 22.0 Å². The summed E-state index contributed by atoms with van der Waals surface area (Å²) >= 11 is 0. The highest BCUT2D eigenvalue weighted by atomic mass is 19.4. The van der Waals surface area contributed by atoms with Crippen molar-refractivity contribution in [1.29, 1.82) is 0 Å². The summed E-state index contributed by atoms with van der Waals surface area (Å²) in [6.45, 7) is 2.17. The number of unbranched alkanes of at least 4 members (excludes halogenated alkanes) is 2. The molecule has 0 amide bonds. The van der Waals surface area contributed by atoms with Crippen molar-refractivity contribution in [2.75, 3.05) is 0 Å². The van der Waals surface area contributed by atoms with Gasteiger partial charge in [-0.05, 0) is 86.3 Å². The van der Waals surface area contributed by atoms with Crippen LogP contribution in [0.5, 0.6) is 5.75 Å². The van der Waals surface area contributed by atoms with Gasteiger partial charge in [0.2, 0.25) is 5.75 Å². The maximum absolute atomic E-state index is 14.1. The SMILES string of the molecule is CC/C=C/CCCC[C@H]1CC[C@H](CC[C@H]2CC[C@H](c3cc(F)c(OC(F)(F)F)c(F)c3)CC2)CC1. The molecule has 0 radical (unpaired) electrons. The Morgan fingerprint density at radius 1 is 0.771 bits per heavy atom. The summed E-state index contributed by atoms with van der Waals surface area (Å²) in [4.78, 5) is 0. The number of alkyl halides is 3. The third-order valence-electron chi connectivity index (χ3n) is 8.14. The lowest BCUT2D eigenvalue weighted by Gasteiger charge is -2.32.